The molecule has 0 saturated heterocycles. The minimum atomic E-state index is -0.0962. The molecule has 0 saturated carbocycles. The molecule has 0 aliphatic carbocycles. The standard InChI is InChI=1S/C20H21NO6/c1-22-14-6-4-12(5-7-14)16-10-15(27-21-16)8-13-9-17-19(26-11-25-17)20(24-3)18(13)23-2/h4-7,9,15H,8,10-11H2,1-3H3/t15-/m0/s1. The normalized spacial score (nSPS) is 17.3. The van der Waals surface area contributed by atoms with Gasteiger partial charge in [-0.1, -0.05) is 5.16 Å². The summed E-state index contributed by atoms with van der Waals surface area (Å²) in [6.07, 6.45) is 1.21. The summed E-state index contributed by atoms with van der Waals surface area (Å²) < 4.78 is 27.3. The predicted octanol–water partition coefficient (Wildman–Crippen LogP) is 3.18. The van der Waals surface area contributed by atoms with Crippen molar-refractivity contribution in [1.82, 2.24) is 0 Å². The average Bonchev–Trinajstić information content (AvgIpc) is 3.36. The Hall–Kier alpha value is -3.09. The maximum Gasteiger partial charge on any atom is 0.231 e. The SMILES string of the molecule is COc1ccc(C2=NO[C@@H](Cc3cc4c(c(OC)c3OC)OCO4)C2)cc1. The van der Waals surface area contributed by atoms with E-state index in [1.54, 1.807) is 21.3 Å². The minimum Gasteiger partial charge on any atom is -0.497 e. The Labute approximate surface area is 157 Å². The summed E-state index contributed by atoms with van der Waals surface area (Å²) >= 11 is 0. The molecule has 0 bridgehead atoms. The molecule has 7 heteroatoms. The summed E-state index contributed by atoms with van der Waals surface area (Å²) in [6.45, 7) is 0.170. The predicted molar refractivity (Wildman–Crippen MR) is 98.4 cm³/mol. The summed E-state index contributed by atoms with van der Waals surface area (Å²) in [4.78, 5) is 5.66. The summed E-state index contributed by atoms with van der Waals surface area (Å²) in [5, 5.41) is 4.26. The van der Waals surface area contributed by atoms with Crippen molar-refractivity contribution < 1.29 is 28.5 Å². The lowest BCUT2D eigenvalue weighted by Crippen LogP contribution is -2.13. The molecule has 2 aliphatic rings. The quantitative estimate of drug-likeness (QED) is 0.777. The van der Waals surface area contributed by atoms with Crippen LogP contribution in [0.3, 0.4) is 0 Å². The van der Waals surface area contributed by atoms with Gasteiger partial charge in [-0.2, -0.15) is 0 Å². The molecule has 0 unspecified atom stereocenters. The second-order valence-electron chi connectivity index (χ2n) is 6.24. The van der Waals surface area contributed by atoms with Crippen molar-refractivity contribution in [2.45, 2.75) is 18.9 Å². The molecule has 0 amide bonds. The molecule has 0 radical (unpaired) electrons. The van der Waals surface area contributed by atoms with Crippen molar-refractivity contribution in [2.75, 3.05) is 28.1 Å². The molecule has 7 nitrogen and oxygen atoms in total. The first-order chi connectivity index (χ1) is 13.2. The number of rotatable bonds is 6. The number of hydrogen-bond donors (Lipinski definition) is 0. The molecule has 0 N–H and O–H groups in total. The molecule has 2 heterocycles. The van der Waals surface area contributed by atoms with E-state index in [0.29, 0.717) is 35.8 Å². The zero-order chi connectivity index (χ0) is 18.8. The van der Waals surface area contributed by atoms with Crippen LogP contribution in [-0.4, -0.2) is 39.9 Å². The van der Waals surface area contributed by atoms with Gasteiger partial charge < -0.3 is 28.5 Å². The summed E-state index contributed by atoms with van der Waals surface area (Å²) in [5.74, 6) is 3.20. The molecule has 4 rings (SSSR count). The van der Waals surface area contributed by atoms with Crippen molar-refractivity contribution in [3.63, 3.8) is 0 Å². The summed E-state index contributed by atoms with van der Waals surface area (Å²) in [7, 11) is 4.84. The van der Waals surface area contributed by atoms with Crippen molar-refractivity contribution in [2.24, 2.45) is 5.16 Å². The molecule has 2 aromatic rings. The van der Waals surface area contributed by atoms with E-state index in [1.807, 2.05) is 30.3 Å². The highest BCUT2D eigenvalue weighted by Gasteiger charge is 2.29. The fourth-order valence-electron chi connectivity index (χ4n) is 3.34. The van der Waals surface area contributed by atoms with Gasteiger partial charge in [0.1, 0.15) is 11.9 Å². The van der Waals surface area contributed by atoms with E-state index in [9.17, 15) is 0 Å². The summed E-state index contributed by atoms with van der Waals surface area (Å²) in [6, 6.07) is 9.70. The second-order valence-corrected chi connectivity index (χ2v) is 6.24. The molecule has 0 fully saturated rings. The smallest absolute Gasteiger partial charge is 0.231 e. The number of benzene rings is 2. The minimum absolute atomic E-state index is 0.0962. The second kappa shape index (κ2) is 7.26. The van der Waals surface area contributed by atoms with Gasteiger partial charge >= 0.3 is 0 Å². The number of oxime groups is 1. The number of hydrogen-bond acceptors (Lipinski definition) is 7. The van der Waals surface area contributed by atoms with E-state index in [1.165, 1.54) is 0 Å². The summed E-state index contributed by atoms with van der Waals surface area (Å²) in [5.41, 5.74) is 2.86. The monoisotopic (exact) mass is 371 g/mol. The van der Waals surface area contributed by atoms with Gasteiger partial charge in [-0.15, -0.1) is 0 Å². The van der Waals surface area contributed by atoms with Crippen LogP contribution in [0.2, 0.25) is 0 Å². The van der Waals surface area contributed by atoms with Gasteiger partial charge in [0.15, 0.2) is 11.5 Å². The molecule has 27 heavy (non-hydrogen) atoms. The van der Waals surface area contributed by atoms with E-state index in [-0.39, 0.29) is 12.9 Å². The Morgan fingerprint density at radius 1 is 1.00 bits per heavy atom. The van der Waals surface area contributed by atoms with Crippen LogP contribution in [0.1, 0.15) is 17.5 Å². The van der Waals surface area contributed by atoms with E-state index in [4.69, 9.17) is 28.5 Å². The van der Waals surface area contributed by atoms with Gasteiger partial charge in [-0.3, -0.25) is 0 Å². The Balaban J connectivity index is 1.52. The van der Waals surface area contributed by atoms with Gasteiger partial charge in [0.25, 0.3) is 0 Å². The van der Waals surface area contributed by atoms with Crippen molar-refractivity contribution in [3.05, 3.63) is 41.5 Å². The highest BCUT2D eigenvalue weighted by molar-refractivity contribution is 6.01. The van der Waals surface area contributed by atoms with E-state index < -0.39 is 0 Å². The molecule has 2 aromatic carbocycles. The van der Waals surface area contributed by atoms with Gasteiger partial charge in [-0.05, 0) is 35.9 Å². The van der Waals surface area contributed by atoms with Crippen LogP contribution in [0, 0.1) is 0 Å². The molecule has 142 valence electrons. The largest absolute Gasteiger partial charge is 0.497 e. The van der Waals surface area contributed by atoms with Crippen LogP contribution in [0.15, 0.2) is 35.5 Å². The fourth-order valence-corrected chi connectivity index (χ4v) is 3.34. The Morgan fingerprint density at radius 3 is 2.48 bits per heavy atom. The molecule has 0 aromatic heterocycles. The number of ether oxygens (including phenoxy) is 5. The zero-order valence-electron chi connectivity index (χ0n) is 15.5. The molecule has 2 aliphatic heterocycles. The van der Waals surface area contributed by atoms with E-state index in [0.717, 1.165) is 22.6 Å². The van der Waals surface area contributed by atoms with Gasteiger partial charge in [0, 0.05) is 18.4 Å². The molecular formula is C20H21NO6. The van der Waals surface area contributed by atoms with Gasteiger partial charge in [0.2, 0.25) is 18.3 Å². The van der Waals surface area contributed by atoms with Gasteiger partial charge in [-0.25, -0.2) is 0 Å². The van der Waals surface area contributed by atoms with E-state index >= 15 is 0 Å². The Kier molecular flexibility index (Phi) is 4.66. The zero-order valence-corrected chi connectivity index (χ0v) is 15.5. The van der Waals surface area contributed by atoms with Crippen LogP contribution in [-0.2, 0) is 11.3 Å². The maximum absolute atomic E-state index is 5.66. The molecular weight excluding hydrogens is 350 g/mol. The van der Waals surface area contributed by atoms with Crippen molar-refractivity contribution in [3.8, 4) is 28.7 Å². The molecule has 0 spiro atoms. The number of nitrogens with zero attached hydrogens (tertiary/aromatic N) is 1. The Morgan fingerprint density at radius 2 is 1.78 bits per heavy atom. The van der Waals surface area contributed by atoms with Gasteiger partial charge in [0.05, 0.1) is 27.0 Å². The lowest BCUT2D eigenvalue weighted by molar-refractivity contribution is 0.0853. The van der Waals surface area contributed by atoms with Crippen LogP contribution in [0.5, 0.6) is 28.7 Å². The molecule has 1 atom stereocenters. The van der Waals surface area contributed by atoms with E-state index in [2.05, 4.69) is 5.16 Å². The first kappa shape index (κ1) is 17.3. The van der Waals surface area contributed by atoms with Crippen molar-refractivity contribution >= 4 is 5.71 Å². The van der Waals surface area contributed by atoms with Crippen LogP contribution in [0.25, 0.3) is 0 Å². The van der Waals surface area contributed by atoms with Crippen LogP contribution in [0.4, 0.5) is 0 Å². The third-order valence-electron chi connectivity index (χ3n) is 4.66. The first-order valence-corrected chi connectivity index (χ1v) is 8.64. The number of methoxy groups -OCH3 is 3. The van der Waals surface area contributed by atoms with Crippen molar-refractivity contribution in [1.29, 1.82) is 0 Å². The third-order valence-corrected chi connectivity index (χ3v) is 4.66. The highest BCUT2D eigenvalue weighted by atomic mass is 16.7. The van der Waals surface area contributed by atoms with Crippen LogP contribution < -0.4 is 23.7 Å². The average molecular weight is 371 g/mol. The maximum atomic E-state index is 5.66. The lowest BCUT2D eigenvalue weighted by atomic mass is 9.99. The lowest BCUT2D eigenvalue weighted by Gasteiger charge is -2.16. The number of fused-ring (bicyclic) bond motifs is 1. The first-order valence-electron chi connectivity index (χ1n) is 8.64. The fraction of sp³-hybridized carbons (Fsp3) is 0.350. The topological polar surface area (TPSA) is 67.7 Å². The Bertz CT molecular complexity index is 862. The highest BCUT2D eigenvalue weighted by Crippen LogP contribution is 2.49. The third kappa shape index (κ3) is 3.20. The van der Waals surface area contributed by atoms with Crippen LogP contribution >= 0.6 is 0 Å².